The Hall–Kier alpha value is -3.90. The van der Waals surface area contributed by atoms with Crippen LogP contribution in [0.15, 0.2) is 119 Å². The predicted molar refractivity (Wildman–Crippen MR) is 142 cm³/mol. The molecule has 0 radical (unpaired) electrons. The summed E-state index contributed by atoms with van der Waals surface area (Å²) in [6.07, 6.45) is 0. The fourth-order valence-electron chi connectivity index (χ4n) is 4.92. The average Bonchev–Trinajstić information content (AvgIpc) is 3.19. The Morgan fingerprint density at radius 2 is 0.886 bits per heavy atom. The molecule has 35 heavy (non-hydrogen) atoms. The van der Waals surface area contributed by atoms with Crippen LogP contribution in [0.3, 0.4) is 0 Å². The molecule has 0 unspecified atom stereocenters. The Morgan fingerprint density at radius 1 is 0.457 bits per heavy atom. The van der Waals surface area contributed by atoms with Crippen LogP contribution in [-0.2, 0) is 20.4 Å². The molecule has 3 heteroatoms. The Kier molecular flexibility index (Phi) is 5.38. The molecule has 0 fully saturated rings. The van der Waals surface area contributed by atoms with E-state index in [1.807, 2.05) is 24.3 Å². The summed E-state index contributed by atoms with van der Waals surface area (Å²) in [5.41, 5.74) is 5.81. The maximum Gasteiger partial charge on any atom is 2.00 e. The van der Waals surface area contributed by atoms with Crippen LogP contribution < -0.4 is 0 Å². The number of aliphatic imine (C=N–C) groups is 2. The van der Waals surface area contributed by atoms with Crippen molar-refractivity contribution in [2.75, 3.05) is 0 Å². The Labute approximate surface area is 217 Å². The van der Waals surface area contributed by atoms with Crippen LogP contribution in [0, 0.1) is 12.1 Å². The molecule has 0 bridgehead atoms. The summed E-state index contributed by atoms with van der Waals surface area (Å²) in [4.78, 5) is 10.5. The summed E-state index contributed by atoms with van der Waals surface area (Å²) in [5.74, 6) is 0. The number of rotatable bonds is 2. The van der Waals surface area contributed by atoms with E-state index >= 15 is 0 Å². The maximum atomic E-state index is 5.23. The average molecular weight is 537 g/mol. The van der Waals surface area contributed by atoms with Crippen molar-refractivity contribution in [1.82, 2.24) is 0 Å². The minimum Gasteiger partial charge on any atom is -0.294 e. The molecule has 0 saturated heterocycles. The van der Waals surface area contributed by atoms with Gasteiger partial charge in [0.25, 0.3) is 0 Å². The molecule has 0 spiro atoms. The molecule has 7 rings (SSSR count). The number of hydrogen-bond acceptors (Lipinski definition) is 2. The topological polar surface area (TPSA) is 24.7 Å². The zero-order valence-electron chi connectivity index (χ0n) is 18.6. The van der Waals surface area contributed by atoms with Crippen molar-refractivity contribution in [2.24, 2.45) is 9.98 Å². The van der Waals surface area contributed by atoms with Crippen molar-refractivity contribution in [3.63, 3.8) is 0 Å². The normalized spacial score (nSPS) is 14.7. The molecule has 2 nitrogen and oxygen atoms in total. The van der Waals surface area contributed by atoms with Crippen LogP contribution in [0.5, 0.6) is 0 Å². The van der Waals surface area contributed by atoms with E-state index in [1.54, 1.807) is 0 Å². The molecule has 0 N–H and O–H groups in total. The fraction of sp³-hybridized carbons (Fsp3) is 0. The molecule has 0 aromatic heterocycles. The Balaban J connectivity index is 0.00000229. The first-order chi connectivity index (χ1) is 16.9. The predicted octanol–water partition coefficient (Wildman–Crippen LogP) is 8.00. The summed E-state index contributed by atoms with van der Waals surface area (Å²) >= 11 is 0. The maximum absolute atomic E-state index is 5.23. The van der Waals surface area contributed by atoms with Crippen molar-refractivity contribution < 1.29 is 20.4 Å². The number of fused-ring (bicyclic) bond motifs is 2. The molecule has 6 aromatic rings. The van der Waals surface area contributed by atoms with Crippen molar-refractivity contribution in [1.29, 1.82) is 0 Å². The molecular formula is C32H18N2Pd. The second kappa shape index (κ2) is 8.71. The largest absolute Gasteiger partial charge is 2.00 e. The smallest absolute Gasteiger partial charge is 0.294 e. The zero-order valence-corrected chi connectivity index (χ0v) is 20.2. The first-order valence-corrected chi connectivity index (χ1v) is 11.4. The van der Waals surface area contributed by atoms with Gasteiger partial charge in [-0.15, -0.1) is 70.1 Å². The molecule has 0 amide bonds. The molecule has 166 valence electrons. The van der Waals surface area contributed by atoms with Crippen LogP contribution in [0.2, 0.25) is 0 Å². The second-order valence-corrected chi connectivity index (χ2v) is 8.45. The van der Waals surface area contributed by atoms with Crippen LogP contribution >= 0.6 is 0 Å². The summed E-state index contributed by atoms with van der Waals surface area (Å²) in [7, 11) is 0. The van der Waals surface area contributed by atoms with E-state index in [4.69, 9.17) is 9.98 Å². The van der Waals surface area contributed by atoms with Gasteiger partial charge in [0, 0.05) is 16.5 Å². The van der Waals surface area contributed by atoms with E-state index in [0.717, 1.165) is 55.5 Å². The van der Waals surface area contributed by atoms with Crippen LogP contribution in [-0.4, -0.2) is 11.4 Å². The van der Waals surface area contributed by atoms with Gasteiger partial charge in [-0.3, -0.25) is 9.98 Å². The van der Waals surface area contributed by atoms with Gasteiger partial charge >= 0.3 is 20.4 Å². The molecular weight excluding hydrogens is 519 g/mol. The van der Waals surface area contributed by atoms with Crippen molar-refractivity contribution in [2.45, 2.75) is 0 Å². The first kappa shape index (κ1) is 21.6. The molecule has 0 atom stereocenters. The van der Waals surface area contributed by atoms with E-state index in [0.29, 0.717) is 0 Å². The fourth-order valence-corrected chi connectivity index (χ4v) is 4.92. The number of benzene rings is 6. The van der Waals surface area contributed by atoms with E-state index in [9.17, 15) is 0 Å². The molecule has 0 heterocycles. The van der Waals surface area contributed by atoms with E-state index in [-0.39, 0.29) is 20.4 Å². The zero-order chi connectivity index (χ0) is 22.5. The van der Waals surface area contributed by atoms with Crippen molar-refractivity contribution in [3.05, 3.63) is 132 Å². The third-order valence-corrected chi connectivity index (χ3v) is 6.45. The minimum atomic E-state index is 0. The van der Waals surface area contributed by atoms with Crippen LogP contribution in [0.4, 0.5) is 11.4 Å². The van der Waals surface area contributed by atoms with Gasteiger partial charge in [0.05, 0.1) is 11.4 Å². The van der Waals surface area contributed by atoms with E-state index < -0.39 is 0 Å². The van der Waals surface area contributed by atoms with Gasteiger partial charge in [-0.1, -0.05) is 72.8 Å². The summed E-state index contributed by atoms with van der Waals surface area (Å²) in [5, 5.41) is 6.68. The summed E-state index contributed by atoms with van der Waals surface area (Å²) in [6.45, 7) is 0. The number of nitrogens with zero attached hydrogens (tertiary/aromatic N) is 2. The van der Waals surface area contributed by atoms with Crippen LogP contribution in [0.25, 0.3) is 32.3 Å². The van der Waals surface area contributed by atoms with Gasteiger partial charge in [0.15, 0.2) is 0 Å². The third kappa shape index (κ3) is 3.53. The van der Waals surface area contributed by atoms with Gasteiger partial charge in [0.1, 0.15) is 0 Å². The van der Waals surface area contributed by atoms with Crippen molar-refractivity contribution >= 4 is 55.1 Å². The summed E-state index contributed by atoms with van der Waals surface area (Å²) in [6, 6.07) is 44.1. The third-order valence-electron chi connectivity index (χ3n) is 6.45. The van der Waals surface area contributed by atoms with E-state index in [2.05, 4.69) is 97.1 Å². The summed E-state index contributed by atoms with van der Waals surface area (Å²) < 4.78 is 0. The second-order valence-electron chi connectivity index (χ2n) is 8.45. The van der Waals surface area contributed by atoms with E-state index in [1.165, 1.54) is 10.8 Å². The van der Waals surface area contributed by atoms with Gasteiger partial charge < -0.3 is 0 Å². The molecule has 1 aliphatic carbocycles. The minimum absolute atomic E-state index is 0. The molecule has 6 aromatic carbocycles. The molecule has 1 aliphatic rings. The SMILES string of the molecule is [Pd+2].[c-]1cccc2cccc(N=C3C(=Nc4cccc5ccc[c-]c45)c4cccc5cccc3c45)c12. The monoisotopic (exact) mass is 536 g/mol. The molecule has 0 saturated carbocycles. The van der Waals surface area contributed by atoms with Crippen LogP contribution in [0.1, 0.15) is 11.1 Å². The van der Waals surface area contributed by atoms with Crippen molar-refractivity contribution in [3.8, 4) is 0 Å². The quantitative estimate of drug-likeness (QED) is 0.158. The Morgan fingerprint density at radius 3 is 1.40 bits per heavy atom. The molecule has 0 aliphatic heterocycles. The standard InChI is InChI=1S/C32H18N2.Pd/c1-3-15-24-21(9-1)11-7-19-28(24)33-31-26-17-5-13-23-14-6-18-27(30(23)26)32(31)34-29-20-8-12-22-10-2-4-16-25(22)29;/h1-14,17-20H;/q-2;+2. The van der Waals surface area contributed by atoms with Gasteiger partial charge in [-0.2, -0.15) is 0 Å². The van der Waals surface area contributed by atoms with Gasteiger partial charge in [-0.25, -0.2) is 0 Å². The Bertz CT molecular complexity index is 1670. The number of hydrogen-bond donors (Lipinski definition) is 0. The first-order valence-electron chi connectivity index (χ1n) is 11.4. The van der Waals surface area contributed by atoms with Gasteiger partial charge in [0.2, 0.25) is 0 Å². The van der Waals surface area contributed by atoms with Gasteiger partial charge in [-0.05, 0) is 16.8 Å².